The highest BCUT2D eigenvalue weighted by Crippen LogP contribution is 2.37. The normalized spacial score (nSPS) is 18.2. The minimum absolute atomic E-state index is 0.208. The van der Waals surface area contributed by atoms with E-state index in [2.05, 4.69) is 20.7 Å². The van der Waals surface area contributed by atoms with E-state index in [0.717, 1.165) is 17.8 Å². The third-order valence-corrected chi connectivity index (χ3v) is 6.74. The number of aliphatic hydroxyl groups excluding tert-OH is 1. The van der Waals surface area contributed by atoms with Crippen LogP contribution < -0.4 is 20.7 Å². The van der Waals surface area contributed by atoms with Crippen molar-refractivity contribution in [1.29, 1.82) is 0 Å². The molecule has 0 aromatic heterocycles. The smallest absolute Gasteiger partial charge is 0.232 e. The van der Waals surface area contributed by atoms with Crippen molar-refractivity contribution < 1.29 is 22.3 Å². The Morgan fingerprint density at radius 1 is 1.09 bits per heavy atom. The van der Waals surface area contributed by atoms with Crippen LogP contribution in [-0.4, -0.2) is 25.4 Å². The molecular formula is C23H24F2N4O3S. The van der Waals surface area contributed by atoms with Crippen molar-refractivity contribution in [3.05, 3.63) is 95.0 Å². The van der Waals surface area contributed by atoms with Crippen LogP contribution in [0.2, 0.25) is 0 Å². The van der Waals surface area contributed by atoms with E-state index in [1.54, 1.807) is 19.2 Å². The van der Waals surface area contributed by atoms with Gasteiger partial charge in [0.05, 0.1) is 22.7 Å². The lowest BCUT2D eigenvalue weighted by Crippen LogP contribution is -2.37. The van der Waals surface area contributed by atoms with Crippen molar-refractivity contribution in [2.75, 3.05) is 15.8 Å². The number of dihydropyridines is 1. The molecule has 10 heteroatoms. The Labute approximate surface area is 191 Å². The molecule has 0 aliphatic carbocycles. The molecule has 2 aromatic rings. The Morgan fingerprint density at radius 3 is 2.55 bits per heavy atom. The van der Waals surface area contributed by atoms with Gasteiger partial charge < -0.3 is 21.1 Å². The quantitative estimate of drug-likeness (QED) is 0.402. The molecule has 0 fully saturated rings. The number of aliphatic hydroxyl groups is 1. The van der Waals surface area contributed by atoms with Crippen molar-refractivity contribution >= 4 is 21.4 Å². The van der Waals surface area contributed by atoms with Gasteiger partial charge in [0, 0.05) is 29.2 Å². The summed E-state index contributed by atoms with van der Waals surface area (Å²) >= 11 is 0. The number of sulfonamides is 1. The fourth-order valence-electron chi connectivity index (χ4n) is 3.74. The Kier molecular flexibility index (Phi) is 6.39. The second-order valence-corrected chi connectivity index (χ2v) is 9.54. The summed E-state index contributed by atoms with van der Waals surface area (Å²) in [4.78, 5) is 0. The molecule has 33 heavy (non-hydrogen) atoms. The minimum Gasteiger partial charge on any atom is -0.383 e. The van der Waals surface area contributed by atoms with E-state index in [0.29, 0.717) is 17.7 Å². The van der Waals surface area contributed by atoms with Crippen LogP contribution in [0.5, 0.6) is 0 Å². The number of fused-ring (bicyclic) bond motifs is 1. The van der Waals surface area contributed by atoms with E-state index in [1.807, 2.05) is 30.3 Å². The molecule has 2 aliphatic heterocycles. The lowest BCUT2D eigenvalue weighted by Gasteiger charge is -2.24. The average Bonchev–Trinajstić information content (AvgIpc) is 3.20. The zero-order chi connectivity index (χ0) is 23.6. The number of nitrogens with one attached hydrogen (secondary N) is 4. The van der Waals surface area contributed by atoms with Crippen LogP contribution in [0.15, 0.2) is 77.8 Å². The van der Waals surface area contributed by atoms with Crippen LogP contribution in [0, 0.1) is 11.6 Å². The maximum atomic E-state index is 15.2. The third-order valence-electron chi connectivity index (χ3n) is 5.26. The molecular weight excluding hydrogens is 450 g/mol. The van der Waals surface area contributed by atoms with Crippen LogP contribution in [0.4, 0.5) is 20.2 Å². The van der Waals surface area contributed by atoms with Gasteiger partial charge in [-0.1, -0.05) is 25.1 Å². The molecule has 2 aromatic carbocycles. The summed E-state index contributed by atoms with van der Waals surface area (Å²) in [6.07, 6.45) is 3.30. The molecule has 4 rings (SSSR count). The van der Waals surface area contributed by atoms with Crippen molar-refractivity contribution in [3.8, 4) is 0 Å². The highest BCUT2D eigenvalue weighted by atomic mass is 32.2. The number of allylic oxidation sites excluding steroid dienone is 1. The van der Waals surface area contributed by atoms with Gasteiger partial charge >= 0.3 is 0 Å². The van der Waals surface area contributed by atoms with E-state index >= 15 is 4.39 Å². The van der Waals surface area contributed by atoms with Crippen molar-refractivity contribution in [2.45, 2.75) is 25.6 Å². The molecule has 5 N–H and O–H groups in total. The molecule has 2 unspecified atom stereocenters. The summed E-state index contributed by atoms with van der Waals surface area (Å²) in [5.41, 5.74) is 1.36. The number of hydrogen-bond acceptors (Lipinski definition) is 6. The Bertz CT molecular complexity index is 1240. The SMILES string of the molecule is CCCS(=O)(=O)Nc1ccc(F)c(C(O)C2=CNC3NC=C(Nc4ccccc4)C=C23)c1F. The molecule has 0 spiro atoms. The molecule has 0 saturated heterocycles. The van der Waals surface area contributed by atoms with Crippen LogP contribution in [0.3, 0.4) is 0 Å². The van der Waals surface area contributed by atoms with Gasteiger partial charge in [0.15, 0.2) is 5.82 Å². The van der Waals surface area contributed by atoms with Crippen LogP contribution >= 0.6 is 0 Å². The highest BCUT2D eigenvalue weighted by Gasteiger charge is 2.33. The molecule has 0 radical (unpaired) electrons. The lowest BCUT2D eigenvalue weighted by molar-refractivity contribution is 0.207. The Hall–Kier alpha value is -3.37. The van der Waals surface area contributed by atoms with Crippen molar-refractivity contribution in [2.24, 2.45) is 0 Å². The number of halogens is 2. The predicted molar refractivity (Wildman–Crippen MR) is 123 cm³/mol. The second kappa shape index (κ2) is 9.24. The third kappa shape index (κ3) is 4.86. The fraction of sp³-hybridized carbons (Fsp3) is 0.217. The highest BCUT2D eigenvalue weighted by molar-refractivity contribution is 7.92. The van der Waals surface area contributed by atoms with Gasteiger partial charge in [-0.05, 0) is 36.8 Å². The van der Waals surface area contributed by atoms with Gasteiger partial charge in [-0.3, -0.25) is 4.72 Å². The Morgan fingerprint density at radius 2 is 1.82 bits per heavy atom. The molecule has 7 nitrogen and oxygen atoms in total. The van der Waals surface area contributed by atoms with Gasteiger partial charge in [0.25, 0.3) is 0 Å². The largest absolute Gasteiger partial charge is 0.383 e. The van der Waals surface area contributed by atoms with Gasteiger partial charge in [-0.15, -0.1) is 0 Å². The van der Waals surface area contributed by atoms with Gasteiger partial charge in [-0.25, -0.2) is 17.2 Å². The number of para-hydroxylation sites is 1. The van der Waals surface area contributed by atoms with Crippen LogP contribution in [-0.2, 0) is 10.0 Å². The van der Waals surface area contributed by atoms with E-state index in [-0.39, 0.29) is 17.5 Å². The van der Waals surface area contributed by atoms with Gasteiger partial charge in [-0.2, -0.15) is 0 Å². The molecule has 0 bridgehead atoms. The van der Waals surface area contributed by atoms with Gasteiger partial charge in [0.1, 0.15) is 18.1 Å². The number of benzene rings is 2. The molecule has 0 amide bonds. The first-order valence-corrected chi connectivity index (χ1v) is 12.1. The topological polar surface area (TPSA) is 102 Å². The van der Waals surface area contributed by atoms with E-state index in [4.69, 9.17) is 0 Å². The zero-order valence-electron chi connectivity index (χ0n) is 17.8. The minimum atomic E-state index is -3.80. The first kappa shape index (κ1) is 22.8. The van der Waals surface area contributed by atoms with Crippen LogP contribution in [0.1, 0.15) is 25.0 Å². The fourth-order valence-corrected chi connectivity index (χ4v) is 4.87. The molecule has 2 atom stereocenters. The maximum Gasteiger partial charge on any atom is 0.232 e. The van der Waals surface area contributed by atoms with E-state index in [9.17, 15) is 17.9 Å². The zero-order valence-corrected chi connectivity index (χ0v) is 18.6. The first-order valence-electron chi connectivity index (χ1n) is 10.4. The van der Waals surface area contributed by atoms with Crippen LogP contribution in [0.25, 0.3) is 0 Å². The summed E-state index contributed by atoms with van der Waals surface area (Å²) in [5.74, 6) is -2.35. The summed E-state index contributed by atoms with van der Waals surface area (Å²) in [6, 6.07) is 11.4. The number of hydrogen-bond donors (Lipinski definition) is 5. The summed E-state index contributed by atoms with van der Waals surface area (Å²) in [6.45, 7) is 1.67. The van der Waals surface area contributed by atoms with E-state index < -0.39 is 39.0 Å². The van der Waals surface area contributed by atoms with Gasteiger partial charge in [0.2, 0.25) is 10.0 Å². The molecule has 174 valence electrons. The van der Waals surface area contributed by atoms with E-state index in [1.165, 1.54) is 6.20 Å². The summed E-state index contributed by atoms with van der Waals surface area (Å²) < 4.78 is 56.0. The first-order chi connectivity index (χ1) is 15.8. The average molecular weight is 475 g/mol. The molecule has 0 saturated carbocycles. The summed E-state index contributed by atoms with van der Waals surface area (Å²) in [7, 11) is -3.80. The number of rotatable bonds is 8. The van der Waals surface area contributed by atoms with Crippen molar-refractivity contribution in [1.82, 2.24) is 10.6 Å². The standard InChI is InChI=1S/C23H24F2N4O3S/c1-2-10-33(31,32)29-19-9-8-18(24)20(21(19)25)22(30)17-13-27-23-16(17)11-15(12-26-23)28-14-6-4-3-5-7-14/h3-9,11-13,22-23,26-30H,2,10H2,1H3. The molecule has 2 aliphatic rings. The summed E-state index contributed by atoms with van der Waals surface area (Å²) in [5, 5.41) is 20.3. The second-order valence-electron chi connectivity index (χ2n) is 7.70. The molecule has 2 heterocycles. The maximum absolute atomic E-state index is 15.2. The van der Waals surface area contributed by atoms with Crippen molar-refractivity contribution in [3.63, 3.8) is 0 Å². The predicted octanol–water partition coefficient (Wildman–Crippen LogP) is 3.45. The lowest BCUT2D eigenvalue weighted by atomic mass is 9.93. The number of anilines is 2. The Balaban J connectivity index is 1.62. The monoisotopic (exact) mass is 474 g/mol.